The van der Waals surface area contributed by atoms with Gasteiger partial charge in [-0.15, -0.1) is 0 Å². The molecule has 3 aromatic carbocycles. The maximum atomic E-state index is 12.8. The first-order valence-electron chi connectivity index (χ1n) is 11.9. The fourth-order valence-corrected chi connectivity index (χ4v) is 4.53. The standard InChI is InChI=1S/C27H22N4O8S/c1-16(2)18-5-7-19(8-6-18)28-25(32)15-29-26(33)24(40-27(29)34)13-17-3-10-21(11-4-17)39-23-12-9-20(30(35)36)14-22(23)31(37)38/h3-14,16H,15H2,1-2H3,(H,28,32)/b24-13+. The van der Waals surface area contributed by atoms with Crippen LogP contribution in [0.5, 0.6) is 11.5 Å². The monoisotopic (exact) mass is 562 g/mol. The molecule has 3 amide bonds. The minimum absolute atomic E-state index is 0.124. The predicted octanol–water partition coefficient (Wildman–Crippen LogP) is 6.09. The summed E-state index contributed by atoms with van der Waals surface area (Å²) in [5.74, 6) is -0.754. The number of hydrogen-bond acceptors (Lipinski definition) is 9. The molecular weight excluding hydrogens is 540 g/mol. The van der Waals surface area contributed by atoms with Crippen LogP contribution in [0.3, 0.4) is 0 Å². The Kier molecular flexibility index (Phi) is 8.24. The molecule has 3 aromatic rings. The average Bonchev–Trinajstić information content (AvgIpc) is 3.17. The second-order valence-electron chi connectivity index (χ2n) is 8.93. The smallest absolute Gasteiger partial charge is 0.318 e. The molecule has 1 heterocycles. The third kappa shape index (κ3) is 6.50. The van der Waals surface area contributed by atoms with Gasteiger partial charge in [0.05, 0.1) is 20.8 Å². The molecule has 204 valence electrons. The summed E-state index contributed by atoms with van der Waals surface area (Å²) in [6, 6.07) is 16.4. The Bertz CT molecular complexity index is 1540. The second-order valence-corrected chi connectivity index (χ2v) is 9.92. The zero-order valence-electron chi connectivity index (χ0n) is 21.2. The van der Waals surface area contributed by atoms with Crippen molar-refractivity contribution in [2.24, 2.45) is 0 Å². The van der Waals surface area contributed by atoms with Crippen molar-refractivity contribution in [2.45, 2.75) is 19.8 Å². The molecule has 0 bridgehead atoms. The quantitative estimate of drug-likeness (QED) is 0.185. The number of nitrogens with zero attached hydrogens (tertiary/aromatic N) is 3. The summed E-state index contributed by atoms with van der Waals surface area (Å²) in [6.45, 7) is 3.67. The van der Waals surface area contributed by atoms with Crippen molar-refractivity contribution in [2.75, 3.05) is 11.9 Å². The number of nitrogens with one attached hydrogen (secondary N) is 1. The van der Waals surface area contributed by atoms with E-state index >= 15 is 0 Å². The van der Waals surface area contributed by atoms with E-state index in [1.807, 2.05) is 12.1 Å². The molecule has 1 saturated heterocycles. The van der Waals surface area contributed by atoms with Gasteiger partial charge in [-0.3, -0.25) is 39.5 Å². The number of carbonyl (C=O) groups is 3. The van der Waals surface area contributed by atoms with Crippen molar-refractivity contribution in [3.8, 4) is 11.5 Å². The maximum Gasteiger partial charge on any atom is 0.318 e. The van der Waals surface area contributed by atoms with Gasteiger partial charge in [0.25, 0.3) is 16.8 Å². The summed E-state index contributed by atoms with van der Waals surface area (Å²) < 4.78 is 5.53. The number of carbonyl (C=O) groups excluding carboxylic acids is 3. The Morgan fingerprint density at radius 3 is 2.27 bits per heavy atom. The summed E-state index contributed by atoms with van der Waals surface area (Å²) in [7, 11) is 0. The van der Waals surface area contributed by atoms with Gasteiger partial charge in [-0.1, -0.05) is 38.1 Å². The fraction of sp³-hybridized carbons (Fsp3) is 0.148. The molecule has 0 spiro atoms. The van der Waals surface area contributed by atoms with Crippen LogP contribution in [-0.2, 0) is 9.59 Å². The highest BCUT2D eigenvalue weighted by Gasteiger charge is 2.36. The van der Waals surface area contributed by atoms with Crippen LogP contribution in [0, 0.1) is 20.2 Å². The van der Waals surface area contributed by atoms with E-state index in [1.165, 1.54) is 18.2 Å². The highest BCUT2D eigenvalue weighted by atomic mass is 32.2. The number of nitro benzene ring substituents is 2. The van der Waals surface area contributed by atoms with E-state index in [-0.39, 0.29) is 16.4 Å². The number of thioether (sulfide) groups is 1. The molecule has 40 heavy (non-hydrogen) atoms. The number of rotatable bonds is 9. The molecule has 0 aliphatic carbocycles. The van der Waals surface area contributed by atoms with Crippen molar-refractivity contribution < 1.29 is 29.0 Å². The summed E-state index contributed by atoms with van der Waals surface area (Å²) in [4.78, 5) is 59.4. The topological polar surface area (TPSA) is 162 Å². The molecule has 0 saturated carbocycles. The number of anilines is 1. The average molecular weight is 563 g/mol. The van der Waals surface area contributed by atoms with Crippen LogP contribution in [0.1, 0.15) is 30.9 Å². The summed E-state index contributed by atoms with van der Waals surface area (Å²) in [6.07, 6.45) is 1.48. The van der Waals surface area contributed by atoms with Crippen molar-refractivity contribution >= 4 is 52.0 Å². The van der Waals surface area contributed by atoms with E-state index in [0.29, 0.717) is 28.9 Å². The first-order valence-corrected chi connectivity index (χ1v) is 12.7. The Morgan fingerprint density at radius 2 is 1.68 bits per heavy atom. The third-order valence-corrected chi connectivity index (χ3v) is 6.70. The Balaban J connectivity index is 1.41. The Labute approximate surface area is 231 Å². The zero-order valence-corrected chi connectivity index (χ0v) is 22.0. The van der Waals surface area contributed by atoms with Crippen LogP contribution < -0.4 is 10.1 Å². The number of amides is 3. The molecule has 12 nitrogen and oxygen atoms in total. The molecule has 1 aliphatic heterocycles. The van der Waals surface area contributed by atoms with Crippen LogP contribution in [0.15, 0.2) is 71.6 Å². The fourth-order valence-electron chi connectivity index (χ4n) is 3.69. The van der Waals surface area contributed by atoms with Gasteiger partial charge in [-0.2, -0.15) is 0 Å². The van der Waals surface area contributed by atoms with Crippen LogP contribution in [0.2, 0.25) is 0 Å². The van der Waals surface area contributed by atoms with E-state index in [9.17, 15) is 34.6 Å². The molecule has 4 rings (SSSR count). The largest absolute Gasteiger partial charge is 0.450 e. The number of hydrogen-bond donors (Lipinski definition) is 1. The third-order valence-electron chi connectivity index (χ3n) is 5.79. The number of imide groups is 1. The summed E-state index contributed by atoms with van der Waals surface area (Å²) in [5.41, 5.74) is 1.19. The van der Waals surface area contributed by atoms with Gasteiger partial charge < -0.3 is 10.1 Å². The molecule has 1 fully saturated rings. The Morgan fingerprint density at radius 1 is 1.00 bits per heavy atom. The molecule has 0 unspecified atom stereocenters. The molecular formula is C27H22N4O8S. The van der Waals surface area contributed by atoms with Crippen LogP contribution in [0.4, 0.5) is 21.9 Å². The normalized spacial score (nSPS) is 14.1. The van der Waals surface area contributed by atoms with Crippen LogP contribution in [0.25, 0.3) is 6.08 Å². The highest BCUT2D eigenvalue weighted by Crippen LogP contribution is 2.35. The van der Waals surface area contributed by atoms with Gasteiger partial charge in [0.1, 0.15) is 12.3 Å². The number of ether oxygens (including phenoxy) is 1. The summed E-state index contributed by atoms with van der Waals surface area (Å²) in [5, 5.41) is 24.3. The van der Waals surface area contributed by atoms with Crippen molar-refractivity contribution in [1.29, 1.82) is 0 Å². The van der Waals surface area contributed by atoms with Gasteiger partial charge in [0, 0.05) is 11.8 Å². The predicted molar refractivity (Wildman–Crippen MR) is 148 cm³/mol. The van der Waals surface area contributed by atoms with Crippen molar-refractivity contribution in [1.82, 2.24) is 4.90 Å². The number of benzene rings is 3. The van der Waals surface area contributed by atoms with Crippen LogP contribution >= 0.6 is 11.8 Å². The second kappa shape index (κ2) is 11.8. The molecule has 0 atom stereocenters. The van der Waals surface area contributed by atoms with Gasteiger partial charge in [0.2, 0.25) is 11.7 Å². The highest BCUT2D eigenvalue weighted by molar-refractivity contribution is 8.18. The van der Waals surface area contributed by atoms with E-state index in [2.05, 4.69) is 19.2 Å². The minimum atomic E-state index is -0.782. The van der Waals surface area contributed by atoms with Gasteiger partial charge in [0.15, 0.2) is 0 Å². The van der Waals surface area contributed by atoms with Crippen molar-refractivity contribution in [3.63, 3.8) is 0 Å². The number of non-ortho nitro benzene ring substituents is 1. The van der Waals surface area contributed by atoms with E-state index in [4.69, 9.17) is 4.74 Å². The Hall–Kier alpha value is -5.04. The SMILES string of the molecule is CC(C)c1ccc(NC(=O)CN2C(=O)S/C(=C/c3ccc(Oc4ccc([N+](=O)[O-])cc4[N+](=O)[O-])cc3)C2=O)cc1. The van der Waals surface area contributed by atoms with E-state index < -0.39 is 44.8 Å². The van der Waals surface area contributed by atoms with E-state index in [0.717, 1.165) is 28.7 Å². The lowest BCUT2D eigenvalue weighted by molar-refractivity contribution is -0.394. The van der Waals surface area contributed by atoms with Crippen molar-refractivity contribution in [3.05, 3.63) is 103 Å². The summed E-state index contributed by atoms with van der Waals surface area (Å²) >= 11 is 0.703. The molecule has 13 heteroatoms. The lowest BCUT2D eigenvalue weighted by Gasteiger charge is -2.13. The first-order chi connectivity index (χ1) is 19.0. The van der Waals surface area contributed by atoms with E-state index in [1.54, 1.807) is 24.3 Å². The molecule has 1 N–H and O–H groups in total. The molecule has 1 aliphatic rings. The lowest BCUT2D eigenvalue weighted by Crippen LogP contribution is -2.36. The minimum Gasteiger partial charge on any atom is -0.450 e. The van der Waals surface area contributed by atoms with Gasteiger partial charge in [-0.05, 0) is 65.2 Å². The zero-order chi connectivity index (χ0) is 29.0. The lowest BCUT2D eigenvalue weighted by atomic mass is 10.0. The molecule has 0 aromatic heterocycles. The van der Waals surface area contributed by atoms with Gasteiger partial charge >= 0.3 is 5.69 Å². The van der Waals surface area contributed by atoms with Gasteiger partial charge in [-0.25, -0.2) is 0 Å². The number of nitro groups is 2. The maximum absolute atomic E-state index is 12.8. The molecule has 0 radical (unpaired) electrons. The first kappa shape index (κ1) is 28.0. The van der Waals surface area contributed by atoms with Crippen LogP contribution in [-0.4, -0.2) is 38.3 Å².